The Kier molecular flexibility index (Phi) is 5.90. The van der Waals surface area contributed by atoms with E-state index in [1.54, 1.807) is 6.92 Å². The molecule has 9 nitrogen and oxygen atoms in total. The smallest absolute Gasteiger partial charge is 0.341 e. The minimum atomic E-state index is -0.400. The summed E-state index contributed by atoms with van der Waals surface area (Å²) in [7, 11) is 1.90. The van der Waals surface area contributed by atoms with Gasteiger partial charge in [0.25, 0.3) is 0 Å². The standard InChI is InChI=1S/C17H23N7O2/c1-3-26-15(25)14-11-21-17(22-12-14)24-6-4-23(5-7-24)16-19-9-13(8-18-2)10-20-16/h9-12,18H,3-8H2,1-2H3. The molecule has 1 aliphatic rings. The Morgan fingerprint density at radius 3 is 1.96 bits per heavy atom. The van der Waals surface area contributed by atoms with Crippen molar-refractivity contribution in [2.24, 2.45) is 0 Å². The van der Waals surface area contributed by atoms with Crippen LogP contribution in [-0.2, 0) is 11.3 Å². The third kappa shape index (κ3) is 4.23. The van der Waals surface area contributed by atoms with Gasteiger partial charge in [-0.25, -0.2) is 24.7 Å². The van der Waals surface area contributed by atoms with E-state index in [1.807, 2.05) is 19.4 Å². The van der Waals surface area contributed by atoms with Crippen LogP contribution in [0.5, 0.6) is 0 Å². The monoisotopic (exact) mass is 357 g/mol. The lowest BCUT2D eigenvalue weighted by molar-refractivity contribution is 0.0525. The van der Waals surface area contributed by atoms with Gasteiger partial charge in [0.05, 0.1) is 12.2 Å². The van der Waals surface area contributed by atoms with Crippen molar-refractivity contribution < 1.29 is 9.53 Å². The van der Waals surface area contributed by atoms with Gasteiger partial charge in [-0.3, -0.25) is 0 Å². The molecule has 1 saturated heterocycles. The van der Waals surface area contributed by atoms with Crippen LogP contribution >= 0.6 is 0 Å². The number of carbonyl (C=O) groups is 1. The predicted molar refractivity (Wildman–Crippen MR) is 97.2 cm³/mol. The fourth-order valence-electron chi connectivity index (χ4n) is 2.72. The number of carbonyl (C=O) groups excluding carboxylic acids is 1. The van der Waals surface area contributed by atoms with Crippen LogP contribution in [0.3, 0.4) is 0 Å². The zero-order chi connectivity index (χ0) is 18.4. The molecule has 0 aliphatic carbocycles. The Balaban J connectivity index is 1.57. The molecule has 0 radical (unpaired) electrons. The summed E-state index contributed by atoms with van der Waals surface area (Å²) in [6.07, 6.45) is 6.72. The number of ether oxygens (including phenoxy) is 1. The third-order valence-electron chi connectivity index (χ3n) is 4.07. The molecule has 2 aromatic rings. The van der Waals surface area contributed by atoms with Gasteiger partial charge in [-0.1, -0.05) is 0 Å². The molecule has 0 spiro atoms. The van der Waals surface area contributed by atoms with Crippen molar-refractivity contribution in [3.05, 3.63) is 35.9 Å². The first kappa shape index (κ1) is 18.0. The molecular formula is C17H23N7O2. The van der Waals surface area contributed by atoms with E-state index in [0.717, 1.165) is 44.2 Å². The first-order valence-electron chi connectivity index (χ1n) is 8.66. The predicted octanol–water partition coefficient (Wildman–Crippen LogP) is 0.489. The van der Waals surface area contributed by atoms with E-state index in [0.29, 0.717) is 18.1 Å². The van der Waals surface area contributed by atoms with Gasteiger partial charge in [0.15, 0.2) is 0 Å². The van der Waals surface area contributed by atoms with Gasteiger partial charge in [-0.15, -0.1) is 0 Å². The number of aromatic nitrogens is 4. The zero-order valence-corrected chi connectivity index (χ0v) is 15.1. The molecule has 1 fully saturated rings. The number of hydrogen-bond donors (Lipinski definition) is 1. The lowest BCUT2D eigenvalue weighted by Crippen LogP contribution is -2.47. The molecule has 0 bridgehead atoms. The number of piperazine rings is 1. The molecule has 0 aromatic carbocycles. The second kappa shape index (κ2) is 8.52. The summed E-state index contributed by atoms with van der Waals surface area (Å²) in [6, 6.07) is 0. The van der Waals surface area contributed by atoms with Crippen molar-refractivity contribution in [1.82, 2.24) is 25.3 Å². The van der Waals surface area contributed by atoms with Gasteiger partial charge in [0, 0.05) is 63.1 Å². The van der Waals surface area contributed by atoms with Crippen LogP contribution < -0.4 is 15.1 Å². The summed E-state index contributed by atoms with van der Waals surface area (Å²) in [5.41, 5.74) is 1.43. The number of anilines is 2. The first-order valence-corrected chi connectivity index (χ1v) is 8.66. The molecule has 0 unspecified atom stereocenters. The summed E-state index contributed by atoms with van der Waals surface area (Å²) in [5, 5.41) is 3.08. The molecule has 0 saturated carbocycles. The average Bonchev–Trinajstić information content (AvgIpc) is 2.69. The fourth-order valence-corrected chi connectivity index (χ4v) is 2.72. The molecule has 3 heterocycles. The largest absolute Gasteiger partial charge is 0.462 e. The Morgan fingerprint density at radius 2 is 1.50 bits per heavy atom. The highest BCUT2D eigenvalue weighted by Crippen LogP contribution is 2.15. The van der Waals surface area contributed by atoms with E-state index in [4.69, 9.17) is 4.74 Å². The quantitative estimate of drug-likeness (QED) is 0.741. The van der Waals surface area contributed by atoms with E-state index in [2.05, 4.69) is 35.1 Å². The van der Waals surface area contributed by atoms with Crippen molar-refractivity contribution in [3.63, 3.8) is 0 Å². The lowest BCUT2D eigenvalue weighted by atomic mass is 10.3. The summed E-state index contributed by atoms with van der Waals surface area (Å²) in [5.74, 6) is 0.953. The first-order chi connectivity index (χ1) is 12.7. The van der Waals surface area contributed by atoms with Crippen molar-refractivity contribution >= 4 is 17.9 Å². The molecule has 2 aromatic heterocycles. The molecule has 9 heteroatoms. The highest BCUT2D eigenvalue weighted by Gasteiger charge is 2.21. The lowest BCUT2D eigenvalue weighted by Gasteiger charge is -2.34. The zero-order valence-electron chi connectivity index (χ0n) is 15.1. The number of hydrogen-bond acceptors (Lipinski definition) is 9. The Hall–Kier alpha value is -2.81. The molecule has 138 valence electrons. The maximum Gasteiger partial charge on any atom is 0.341 e. The summed E-state index contributed by atoms with van der Waals surface area (Å²) < 4.78 is 4.94. The van der Waals surface area contributed by atoms with Gasteiger partial charge in [-0.05, 0) is 14.0 Å². The SMILES string of the molecule is CCOC(=O)c1cnc(N2CCN(c3ncc(CNC)cn3)CC2)nc1. The molecule has 0 atom stereocenters. The van der Waals surface area contributed by atoms with E-state index in [9.17, 15) is 4.79 Å². The molecule has 26 heavy (non-hydrogen) atoms. The van der Waals surface area contributed by atoms with E-state index in [-0.39, 0.29) is 0 Å². The van der Waals surface area contributed by atoms with Crippen LogP contribution in [0.15, 0.2) is 24.8 Å². The van der Waals surface area contributed by atoms with Crippen LogP contribution in [0.2, 0.25) is 0 Å². The van der Waals surface area contributed by atoms with Crippen LogP contribution in [0.1, 0.15) is 22.8 Å². The highest BCUT2D eigenvalue weighted by molar-refractivity contribution is 5.88. The third-order valence-corrected chi connectivity index (χ3v) is 4.07. The Morgan fingerprint density at radius 1 is 1.00 bits per heavy atom. The molecule has 3 rings (SSSR count). The second-order valence-electron chi connectivity index (χ2n) is 5.89. The van der Waals surface area contributed by atoms with E-state index >= 15 is 0 Å². The number of nitrogens with zero attached hydrogens (tertiary/aromatic N) is 6. The topological polar surface area (TPSA) is 96.4 Å². The Labute approximate surface area is 152 Å². The fraction of sp³-hybridized carbons (Fsp3) is 0.471. The normalized spacial score (nSPS) is 14.4. The van der Waals surface area contributed by atoms with Crippen LogP contribution in [0.4, 0.5) is 11.9 Å². The summed E-state index contributed by atoms with van der Waals surface area (Å²) >= 11 is 0. The van der Waals surface area contributed by atoms with E-state index < -0.39 is 5.97 Å². The molecule has 1 N–H and O–H groups in total. The van der Waals surface area contributed by atoms with Crippen molar-refractivity contribution in [2.75, 3.05) is 49.6 Å². The van der Waals surface area contributed by atoms with Gasteiger partial charge >= 0.3 is 5.97 Å². The summed E-state index contributed by atoms with van der Waals surface area (Å²) in [6.45, 7) is 5.96. The van der Waals surface area contributed by atoms with Crippen molar-refractivity contribution in [2.45, 2.75) is 13.5 Å². The number of esters is 1. The average molecular weight is 357 g/mol. The summed E-state index contributed by atoms with van der Waals surface area (Å²) in [4.78, 5) is 33.4. The maximum absolute atomic E-state index is 11.7. The second-order valence-corrected chi connectivity index (χ2v) is 5.89. The minimum absolute atomic E-state index is 0.334. The molecule has 0 amide bonds. The van der Waals surface area contributed by atoms with Gasteiger partial charge in [0.2, 0.25) is 11.9 Å². The van der Waals surface area contributed by atoms with Gasteiger partial charge in [-0.2, -0.15) is 0 Å². The van der Waals surface area contributed by atoms with Gasteiger partial charge < -0.3 is 19.9 Å². The highest BCUT2D eigenvalue weighted by atomic mass is 16.5. The van der Waals surface area contributed by atoms with Crippen LogP contribution in [-0.4, -0.2) is 65.7 Å². The Bertz CT molecular complexity index is 713. The molecule has 1 aliphatic heterocycles. The van der Waals surface area contributed by atoms with Gasteiger partial charge in [0.1, 0.15) is 0 Å². The minimum Gasteiger partial charge on any atom is -0.462 e. The van der Waals surface area contributed by atoms with Crippen LogP contribution in [0, 0.1) is 0 Å². The number of rotatable bonds is 6. The van der Waals surface area contributed by atoms with Crippen LogP contribution in [0.25, 0.3) is 0 Å². The number of nitrogens with one attached hydrogen (secondary N) is 1. The molecular weight excluding hydrogens is 334 g/mol. The van der Waals surface area contributed by atoms with Crippen molar-refractivity contribution in [3.8, 4) is 0 Å². The maximum atomic E-state index is 11.7. The van der Waals surface area contributed by atoms with E-state index in [1.165, 1.54) is 12.4 Å². The van der Waals surface area contributed by atoms with Crippen molar-refractivity contribution in [1.29, 1.82) is 0 Å².